The largest absolute Gasteiger partial charge is 0.348 e. The Morgan fingerprint density at radius 1 is 1.40 bits per heavy atom. The molecule has 0 saturated heterocycles. The number of aromatic nitrogens is 2. The molecule has 1 fully saturated rings. The number of hydrogen-bond donors (Lipinski definition) is 2. The van der Waals surface area contributed by atoms with Crippen molar-refractivity contribution in [2.75, 3.05) is 5.32 Å². The summed E-state index contributed by atoms with van der Waals surface area (Å²) in [6.07, 6.45) is 2.06. The zero-order valence-corrected chi connectivity index (χ0v) is 11.7. The van der Waals surface area contributed by atoms with Crippen molar-refractivity contribution in [3.8, 4) is 0 Å². The number of carbonyl (C=O) groups is 2. The van der Waals surface area contributed by atoms with Gasteiger partial charge in [0.1, 0.15) is 5.82 Å². The van der Waals surface area contributed by atoms with Gasteiger partial charge in [-0.15, -0.1) is 11.3 Å². The molecule has 1 aliphatic carbocycles. The van der Waals surface area contributed by atoms with E-state index in [9.17, 15) is 9.59 Å². The molecule has 0 atom stereocenters. The second kappa shape index (κ2) is 5.09. The third-order valence-electron chi connectivity index (χ3n) is 3.01. The van der Waals surface area contributed by atoms with Crippen molar-refractivity contribution in [1.29, 1.82) is 0 Å². The Labute approximate surface area is 119 Å². The SMILES string of the molecule is Cn1nc(C(=O)NC2CC2)cc1NC(=O)c1cccs1. The summed E-state index contributed by atoms with van der Waals surface area (Å²) in [7, 11) is 1.69. The summed E-state index contributed by atoms with van der Waals surface area (Å²) >= 11 is 1.36. The fraction of sp³-hybridized carbons (Fsp3) is 0.308. The predicted molar refractivity (Wildman–Crippen MR) is 76.0 cm³/mol. The standard InChI is InChI=1S/C13H14N4O2S/c1-17-11(15-13(19)10-3-2-6-20-10)7-9(16-17)12(18)14-8-4-5-8/h2-3,6-8H,4-5H2,1H3,(H,14,18)(H,15,19). The third-order valence-corrected chi connectivity index (χ3v) is 3.88. The highest BCUT2D eigenvalue weighted by molar-refractivity contribution is 7.12. The maximum absolute atomic E-state index is 12.0. The van der Waals surface area contributed by atoms with E-state index in [1.165, 1.54) is 16.0 Å². The lowest BCUT2D eigenvalue weighted by Crippen LogP contribution is -2.25. The highest BCUT2D eigenvalue weighted by Gasteiger charge is 2.25. The van der Waals surface area contributed by atoms with E-state index in [4.69, 9.17) is 0 Å². The summed E-state index contributed by atoms with van der Waals surface area (Å²) in [5.41, 5.74) is 0.320. The summed E-state index contributed by atoms with van der Waals surface area (Å²) in [5, 5.41) is 11.6. The molecular weight excluding hydrogens is 276 g/mol. The Hall–Kier alpha value is -2.15. The molecule has 2 N–H and O–H groups in total. The first-order chi connectivity index (χ1) is 9.63. The molecule has 0 spiro atoms. The molecule has 0 aromatic carbocycles. The van der Waals surface area contributed by atoms with Crippen LogP contribution in [0.15, 0.2) is 23.6 Å². The molecule has 3 rings (SSSR count). The zero-order valence-electron chi connectivity index (χ0n) is 10.9. The molecule has 2 amide bonds. The maximum Gasteiger partial charge on any atom is 0.272 e. The molecule has 1 aliphatic rings. The van der Waals surface area contributed by atoms with Crippen LogP contribution in [0.3, 0.4) is 0 Å². The smallest absolute Gasteiger partial charge is 0.272 e. The minimum absolute atomic E-state index is 0.195. The number of amides is 2. The van der Waals surface area contributed by atoms with E-state index in [1.54, 1.807) is 19.2 Å². The fourth-order valence-electron chi connectivity index (χ4n) is 1.77. The number of aryl methyl sites for hydroxylation is 1. The Kier molecular flexibility index (Phi) is 3.27. The van der Waals surface area contributed by atoms with Crippen LogP contribution in [0.2, 0.25) is 0 Å². The monoisotopic (exact) mass is 290 g/mol. The molecule has 0 bridgehead atoms. The van der Waals surface area contributed by atoms with Crippen LogP contribution in [0, 0.1) is 0 Å². The minimum atomic E-state index is -0.197. The minimum Gasteiger partial charge on any atom is -0.348 e. The van der Waals surface area contributed by atoms with Gasteiger partial charge in [-0.1, -0.05) is 6.07 Å². The molecule has 2 aromatic rings. The second-order valence-electron chi connectivity index (χ2n) is 4.72. The summed E-state index contributed by atoms with van der Waals surface area (Å²) < 4.78 is 1.49. The molecule has 1 saturated carbocycles. The lowest BCUT2D eigenvalue weighted by Gasteiger charge is -2.02. The molecule has 0 radical (unpaired) electrons. The van der Waals surface area contributed by atoms with E-state index in [1.807, 2.05) is 11.4 Å². The molecule has 7 heteroatoms. The Morgan fingerprint density at radius 2 is 2.20 bits per heavy atom. The molecule has 0 aliphatic heterocycles. The molecular formula is C13H14N4O2S. The van der Waals surface area contributed by atoms with Gasteiger partial charge in [0.25, 0.3) is 11.8 Å². The topological polar surface area (TPSA) is 76.0 Å². The molecule has 2 heterocycles. The van der Waals surface area contributed by atoms with Gasteiger partial charge in [-0.25, -0.2) is 0 Å². The van der Waals surface area contributed by atoms with E-state index in [2.05, 4.69) is 15.7 Å². The van der Waals surface area contributed by atoms with Gasteiger partial charge < -0.3 is 10.6 Å². The maximum atomic E-state index is 12.0. The van der Waals surface area contributed by atoms with Crippen molar-refractivity contribution < 1.29 is 9.59 Å². The fourth-order valence-corrected chi connectivity index (χ4v) is 2.39. The van der Waals surface area contributed by atoms with Crippen molar-refractivity contribution >= 4 is 29.0 Å². The van der Waals surface area contributed by atoms with E-state index < -0.39 is 0 Å². The number of rotatable bonds is 4. The van der Waals surface area contributed by atoms with Crippen molar-refractivity contribution in [2.24, 2.45) is 7.05 Å². The highest BCUT2D eigenvalue weighted by Crippen LogP contribution is 2.20. The molecule has 20 heavy (non-hydrogen) atoms. The van der Waals surface area contributed by atoms with Gasteiger partial charge in [-0.2, -0.15) is 5.10 Å². The van der Waals surface area contributed by atoms with Crippen LogP contribution in [0.1, 0.15) is 33.0 Å². The van der Waals surface area contributed by atoms with Gasteiger partial charge in [-0.05, 0) is 24.3 Å². The highest BCUT2D eigenvalue weighted by atomic mass is 32.1. The molecule has 0 unspecified atom stereocenters. The van der Waals surface area contributed by atoms with Crippen LogP contribution in [0.4, 0.5) is 5.82 Å². The van der Waals surface area contributed by atoms with Crippen molar-refractivity contribution in [2.45, 2.75) is 18.9 Å². The first kappa shape index (κ1) is 12.9. The lowest BCUT2D eigenvalue weighted by molar-refractivity contribution is 0.0944. The number of anilines is 1. The van der Waals surface area contributed by atoms with Crippen molar-refractivity contribution in [3.05, 3.63) is 34.2 Å². The van der Waals surface area contributed by atoms with Crippen LogP contribution in [0.5, 0.6) is 0 Å². The number of nitrogens with zero attached hydrogens (tertiary/aromatic N) is 2. The van der Waals surface area contributed by atoms with Crippen LogP contribution < -0.4 is 10.6 Å². The average Bonchev–Trinajstić information content (AvgIpc) is 2.92. The zero-order chi connectivity index (χ0) is 14.1. The van der Waals surface area contributed by atoms with Crippen molar-refractivity contribution in [3.63, 3.8) is 0 Å². The van der Waals surface area contributed by atoms with Crippen LogP contribution in [-0.2, 0) is 7.05 Å². The van der Waals surface area contributed by atoms with E-state index in [-0.39, 0.29) is 17.9 Å². The van der Waals surface area contributed by atoms with Crippen molar-refractivity contribution in [1.82, 2.24) is 15.1 Å². The molecule has 6 nitrogen and oxygen atoms in total. The quantitative estimate of drug-likeness (QED) is 0.898. The first-order valence-electron chi connectivity index (χ1n) is 6.33. The van der Waals surface area contributed by atoms with Gasteiger partial charge in [0.05, 0.1) is 4.88 Å². The summed E-state index contributed by atoms with van der Waals surface area (Å²) in [6.45, 7) is 0. The van der Waals surface area contributed by atoms with Gasteiger partial charge in [0, 0.05) is 19.2 Å². The normalized spacial score (nSPS) is 14.1. The summed E-state index contributed by atoms with van der Waals surface area (Å²) in [6, 6.07) is 5.44. The van der Waals surface area contributed by atoms with Crippen LogP contribution in [0.25, 0.3) is 0 Å². The van der Waals surface area contributed by atoms with Gasteiger partial charge in [0.15, 0.2) is 5.69 Å². The number of nitrogens with one attached hydrogen (secondary N) is 2. The number of thiophene rings is 1. The molecule has 2 aromatic heterocycles. The summed E-state index contributed by atoms with van der Waals surface area (Å²) in [5.74, 6) is 0.112. The third kappa shape index (κ3) is 2.72. The van der Waals surface area contributed by atoms with E-state index in [0.717, 1.165) is 12.8 Å². The Morgan fingerprint density at radius 3 is 2.85 bits per heavy atom. The van der Waals surface area contributed by atoms with E-state index >= 15 is 0 Å². The predicted octanol–water partition coefficient (Wildman–Crippen LogP) is 1.63. The van der Waals surface area contributed by atoms with Crippen LogP contribution in [-0.4, -0.2) is 27.6 Å². The second-order valence-corrected chi connectivity index (χ2v) is 5.67. The Balaban J connectivity index is 1.71. The lowest BCUT2D eigenvalue weighted by atomic mass is 10.3. The molecule has 104 valence electrons. The van der Waals surface area contributed by atoms with Gasteiger partial charge >= 0.3 is 0 Å². The van der Waals surface area contributed by atoms with E-state index in [0.29, 0.717) is 16.4 Å². The van der Waals surface area contributed by atoms with Gasteiger partial charge in [-0.3, -0.25) is 14.3 Å². The number of hydrogen-bond acceptors (Lipinski definition) is 4. The summed E-state index contributed by atoms with van der Waals surface area (Å²) in [4.78, 5) is 24.4. The number of carbonyl (C=O) groups excluding carboxylic acids is 2. The first-order valence-corrected chi connectivity index (χ1v) is 7.21. The van der Waals surface area contributed by atoms with Gasteiger partial charge in [0.2, 0.25) is 0 Å². The Bertz CT molecular complexity index is 643. The van der Waals surface area contributed by atoms with Crippen LogP contribution >= 0.6 is 11.3 Å². The average molecular weight is 290 g/mol.